The molecule has 34 heavy (non-hydrogen) atoms. The predicted octanol–water partition coefficient (Wildman–Crippen LogP) is 4.95. The number of fused-ring (bicyclic) bond motifs is 1. The lowest BCUT2D eigenvalue weighted by atomic mass is 10.1. The maximum absolute atomic E-state index is 13.3. The van der Waals surface area contributed by atoms with Gasteiger partial charge in [0.05, 0.1) is 29.1 Å². The van der Waals surface area contributed by atoms with Crippen LogP contribution >= 0.6 is 0 Å². The molecule has 2 aromatic carbocycles. The molecule has 5 aromatic rings. The van der Waals surface area contributed by atoms with Crippen molar-refractivity contribution in [3.63, 3.8) is 0 Å². The molecule has 0 aliphatic heterocycles. The minimum absolute atomic E-state index is 0.157. The van der Waals surface area contributed by atoms with E-state index in [0.29, 0.717) is 40.2 Å². The fourth-order valence-corrected chi connectivity index (χ4v) is 3.70. The lowest BCUT2D eigenvalue weighted by molar-refractivity contribution is -0.114. The van der Waals surface area contributed by atoms with Crippen LogP contribution in [0.5, 0.6) is 0 Å². The molecule has 0 radical (unpaired) electrons. The van der Waals surface area contributed by atoms with Crippen LogP contribution < -0.4 is 10.6 Å². The van der Waals surface area contributed by atoms with Crippen LogP contribution in [-0.4, -0.2) is 26.6 Å². The van der Waals surface area contributed by atoms with Crippen molar-refractivity contribution in [2.75, 3.05) is 10.6 Å². The van der Waals surface area contributed by atoms with Crippen molar-refractivity contribution in [3.05, 3.63) is 96.6 Å². The lowest BCUT2D eigenvalue weighted by Gasteiger charge is -2.10. The Morgan fingerprint density at radius 2 is 1.68 bits per heavy atom. The van der Waals surface area contributed by atoms with Gasteiger partial charge in [-0.3, -0.25) is 9.59 Å². The summed E-state index contributed by atoms with van der Waals surface area (Å²) in [5, 5.41) is 10.7. The molecule has 2 amide bonds. The molecular weight excluding hydrogens is 430 g/mol. The van der Waals surface area contributed by atoms with Crippen molar-refractivity contribution < 1.29 is 14.0 Å². The third kappa shape index (κ3) is 4.42. The normalized spacial score (nSPS) is 10.9. The van der Waals surface area contributed by atoms with Crippen LogP contribution in [0.25, 0.3) is 22.3 Å². The Morgan fingerprint density at radius 3 is 2.35 bits per heavy atom. The van der Waals surface area contributed by atoms with Gasteiger partial charge in [0.2, 0.25) is 5.91 Å². The van der Waals surface area contributed by atoms with Gasteiger partial charge in [-0.1, -0.05) is 30.3 Å². The zero-order chi connectivity index (χ0) is 23.5. The number of carbonyl (C=O) groups excluding carboxylic acids is 2. The van der Waals surface area contributed by atoms with Crippen molar-refractivity contribution in [2.45, 2.75) is 13.5 Å². The van der Waals surface area contributed by atoms with Crippen LogP contribution in [0, 0.1) is 0 Å². The minimum atomic E-state index is -0.283. The van der Waals surface area contributed by atoms with E-state index >= 15 is 0 Å². The monoisotopic (exact) mass is 451 g/mol. The van der Waals surface area contributed by atoms with E-state index in [4.69, 9.17) is 9.40 Å². The number of nitrogens with zero attached hydrogens (tertiary/aromatic N) is 3. The molecule has 0 unspecified atom stereocenters. The molecular formula is C26H21N5O3. The number of hydrogen-bond acceptors (Lipinski definition) is 5. The largest absolute Gasteiger partial charge is 0.467 e. The number of amides is 2. The summed E-state index contributed by atoms with van der Waals surface area (Å²) < 4.78 is 7.19. The molecule has 168 valence electrons. The fraction of sp³-hybridized carbons (Fsp3) is 0.0769. The van der Waals surface area contributed by atoms with Gasteiger partial charge in [0.25, 0.3) is 5.91 Å². The average Bonchev–Trinajstić information content (AvgIpc) is 3.50. The molecule has 0 saturated heterocycles. The smallest absolute Gasteiger partial charge is 0.256 e. The van der Waals surface area contributed by atoms with E-state index in [-0.39, 0.29) is 11.8 Å². The Hall–Kier alpha value is -4.72. The van der Waals surface area contributed by atoms with Gasteiger partial charge in [0, 0.05) is 23.9 Å². The first kappa shape index (κ1) is 21.1. The molecule has 3 aromatic heterocycles. The van der Waals surface area contributed by atoms with E-state index in [9.17, 15) is 9.59 Å². The number of benzene rings is 2. The van der Waals surface area contributed by atoms with Crippen molar-refractivity contribution in [3.8, 4) is 11.3 Å². The molecule has 0 bridgehead atoms. The average molecular weight is 451 g/mol. The first-order chi connectivity index (χ1) is 16.6. The number of hydrogen-bond donors (Lipinski definition) is 2. The number of aromatic nitrogens is 3. The summed E-state index contributed by atoms with van der Waals surface area (Å²) in [5.74, 6) is 0.299. The highest BCUT2D eigenvalue weighted by Gasteiger charge is 2.18. The van der Waals surface area contributed by atoms with Crippen molar-refractivity contribution in [1.29, 1.82) is 0 Å². The highest BCUT2D eigenvalue weighted by molar-refractivity contribution is 6.12. The predicted molar refractivity (Wildman–Crippen MR) is 129 cm³/mol. The second kappa shape index (κ2) is 9.03. The summed E-state index contributed by atoms with van der Waals surface area (Å²) in [6.45, 7) is 1.84. The van der Waals surface area contributed by atoms with E-state index in [1.807, 2.05) is 42.5 Å². The second-order valence-electron chi connectivity index (χ2n) is 7.75. The maximum atomic E-state index is 13.3. The second-order valence-corrected chi connectivity index (χ2v) is 7.75. The summed E-state index contributed by atoms with van der Waals surface area (Å²) in [6.07, 6.45) is 3.26. The van der Waals surface area contributed by atoms with Crippen molar-refractivity contribution in [2.24, 2.45) is 0 Å². The fourth-order valence-electron chi connectivity index (χ4n) is 3.70. The van der Waals surface area contributed by atoms with Crippen LogP contribution in [0.3, 0.4) is 0 Å². The van der Waals surface area contributed by atoms with Crippen LogP contribution in [0.2, 0.25) is 0 Å². The molecule has 8 heteroatoms. The molecule has 0 aliphatic carbocycles. The summed E-state index contributed by atoms with van der Waals surface area (Å²) >= 11 is 0. The Bertz CT molecular complexity index is 1460. The number of pyridine rings is 1. The minimum Gasteiger partial charge on any atom is -0.467 e. The maximum Gasteiger partial charge on any atom is 0.256 e. The van der Waals surface area contributed by atoms with Gasteiger partial charge in [0.15, 0.2) is 5.65 Å². The summed E-state index contributed by atoms with van der Waals surface area (Å²) in [5.41, 5.74) is 3.87. The number of anilines is 2. The van der Waals surface area contributed by atoms with E-state index in [0.717, 1.165) is 11.3 Å². The number of carbonyl (C=O) groups is 2. The summed E-state index contributed by atoms with van der Waals surface area (Å²) in [4.78, 5) is 29.4. The van der Waals surface area contributed by atoms with E-state index in [1.54, 1.807) is 47.5 Å². The number of furan rings is 1. The Balaban J connectivity index is 1.53. The van der Waals surface area contributed by atoms with Gasteiger partial charge in [0.1, 0.15) is 12.3 Å². The van der Waals surface area contributed by atoms with Crippen molar-refractivity contribution >= 4 is 34.2 Å². The highest BCUT2D eigenvalue weighted by atomic mass is 16.3. The SMILES string of the molecule is CC(=O)Nc1ccc(NC(=O)c2cc(-c3ccccc3)nc3c2cnn3Cc2ccco2)cc1. The standard InChI is InChI=1S/C26H21N5O3/c1-17(32)28-19-9-11-20(12-10-19)29-26(33)22-14-24(18-6-3-2-4-7-18)30-25-23(22)15-27-31(25)16-21-8-5-13-34-21/h2-15H,16H2,1H3,(H,28,32)(H,29,33). The van der Waals surface area contributed by atoms with Gasteiger partial charge in [-0.05, 0) is 42.5 Å². The zero-order valence-electron chi connectivity index (χ0n) is 18.4. The Kier molecular flexibility index (Phi) is 5.61. The quantitative estimate of drug-likeness (QED) is 0.380. The first-order valence-electron chi connectivity index (χ1n) is 10.7. The highest BCUT2D eigenvalue weighted by Crippen LogP contribution is 2.26. The molecule has 8 nitrogen and oxygen atoms in total. The van der Waals surface area contributed by atoms with Gasteiger partial charge < -0.3 is 15.1 Å². The molecule has 5 rings (SSSR count). The molecule has 0 saturated carbocycles. The van der Waals surface area contributed by atoms with Crippen molar-refractivity contribution in [1.82, 2.24) is 14.8 Å². The van der Waals surface area contributed by atoms with Gasteiger partial charge in [-0.2, -0.15) is 5.10 Å². The topological polar surface area (TPSA) is 102 Å². The summed E-state index contributed by atoms with van der Waals surface area (Å²) in [6, 6.07) is 22.1. The molecule has 0 atom stereocenters. The first-order valence-corrected chi connectivity index (χ1v) is 10.7. The molecule has 2 N–H and O–H groups in total. The third-order valence-electron chi connectivity index (χ3n) is 5.27. The molecule has 3 heterocycles. The Morgan fingerprint density at radius 1 is 0.941 bits per heavy atom. The zero-order valence-corrected chi connectivity index (χ0v) is 18.4. The van der Waals surface area contributed by atoms with E-state index < -0.39 is 0 Å². The third-order valence-corrected chi connectivity index (χ3v) is 5.27. The van der Waals surface area contributed by atoms with E-state index in [2.05, 4.69) is 15.7 Å². The number of rotatable bonds is 6. The number of nitrogens with one attached hydrogen (secondary N) is 2. The Labute approximate surface area is 195 Å². The van der Waals surface area contributed by atoms with Crippen LogP contribution in [0.1, 0.15) is 23.0 Å². The van der Waals surface area contributed by atoms with Gasteiger partial charge >= 0.3 is 0 Å². The van der Waals surface area contributed by atoms with Crippen LogP contribution in [-0.2, 0) is 11.3 Å². The lowest BCUT2D eigenvalue weighted by Crippen LogP contribution is -2.13. The van der Waals surface area contributed by atoms with Crippen LogP contribution in [0.4, 0.5) is 11.4 Å². The summed E-state index contributed by atoms with van der Waals surface area (Å²) in [7, 11) is 0. The molecule has 0 aliphatic rings. The van der Waals surface area contributed by atoms with Gasteiger partial charge in [-0.15, -0.1) is 0 Å². The molecule has 0 spiro atoms. The van der Waals surface area contributed by atoms with E-state index in [1.165, 1.54) is 6.92 Å². The van der Waals surface area contributed by atoms with Crippen LogP contribution in [0.15, 0.2) is 89.7 Å². The van der Waals surface area contributed by atoms with Gasteiger partial charge in [-0.25, -0.2) is 9.67 Å². The molecule has 0 fully saturated rings.